The van der Waals surface area contributed by atoms with Gasteiger partial charge >= 0.3 is 11.9 Å². The highest BCUT2D eigenvalue weighted by Gasteiger charge is 2.21. The number of rotatable bonds is 8. The maximum absolute atomic E-state index is 12.6. The zero-order valence-corrected chi connectivity index (χ0v) is 19.0. The summed E-state index contributed by atoms with van der Waals surface area (Å²) in [6.45, 7) is 16.3. The number of hydrogen-bond acceptors (Lipinski definition) is 5. The van der Waals surface area contributed by atoms with Crippen molar-refractivity contribution < 1.29 is 23.8 Å². The number of ether oxygens (including phenoxy) is 3. The van der Waals surface area contributed by atoms with Crippen LogP contribution in [-0.4, -0.2) is 38.8 Å². The number of esters is 2. The average Bonchev–Trinajstić information content (AvgIpc) is 2.49. The van der Waals surface area contributed by atoms with Crippen molar-refractivity contribution in [1.29, 1.82) is 0 Å². The van der Waals surface area contributed by atoms with Gasteiger partial charge in [0.2, 0.25) is 0 Å². The third-order valence-electron chi connectivity index (χ3n) is 3.74. The molecule has 0 fully saturated rings. The molecule has 0 aliphatic carbocycles. The molecule has 0 spiro atoms. The van der Waals surface area contributed by atoms with E-state index in [1.165, 1.54) is 0 Å². The molecule has 152 valence electrons. The van der Waals surface area contributed by atoms with Crippen LogP contribution in [0.3, 0.4) is 0 Å². The van der Waals surface area contributed by atoms with E-state index in [0.717, 1.165) is 11.6 Å². The van der Waals surface area contributed by atoms with Crippen LogP contribution >= 0.6 is 0 Å². The molecule has 6 heteroatoms. The minimum absolute atomic E-state index is 0.256. The van der Waals surface area contributed by atoms with Crippen LogP contribution in [0.5, 0.6) is 5.75 Å². The summed E-state index contributed by atoms with van der Waals surface area (Å²) in [5.74, 6) is -0.301. The molecule has 0 heterocycles. The minimum Gasteiger partial charge on any atom is -0.481 e. The SMILES string of the molecule is CC(C)c1ccc(OCC(=O)OC(C)(C)C)c(C(=O)OCC[Si](C)(C)C)c1. The normalized spacial score (nSPS) is 12.0. The van der Waals surface area contributed by atoms with Gasteiger partial charge in [0.15, 0.2) is 6.61 Å². The number of carbonyl (C=O) groups is 2. The molecule has 0 atom stereocenters. The molecule has 0 aliphatic rings. The van der Waals surface area contributed by atoms with Crippen LogP contribution in [0.15, 0.2) is 18.2 Å². The molecule has 1 rings (SSSR count). The van der Waals surface area contributed by atoms with Gasteiger partial charge in [0.25, 0.3) is 0 Å². The van der Waals surface area contributed by atoms with Crippen LogP contribution in [0.25, 0.3) is 0 Å². The number of hydrogen-bond donors (Lipinski definition) is 0. The van der Waals surface area contributed by atoms with Crippen LogP contribution in [0.2, 0.25) is 25.7 Å². The molecule has 0 amide bonds. The van der Waals surface area contributed by atoms with Crippen LogP contribution in [0, 0.1) is 0 Å². The summed E-state index contributed by atoms with van der Waals surface area (Å²) in [7, 11) is -1.29. The Hall–Kier alpha value is -1.82. The maximum atomic E-state index is 12.6. The summed E-state index contributed by atoms with van der Waals surface area (Å²) < 4.78 is 16.3. The fourth-order valence-corrected chi connectivity index (χ4v) is 2.94. The van der Waals surface area contributed by atoms with Crippen molar-refractivity contribution in [2.24, 2.45) is 0 Å². The van der Waals surface area contributed by atoms with Gasteiger partial charge in [-0.3, -0.25) is 0 Å². The highest BCUT2D eigenvalue weighted by atomic mass is 28.3. The maximum Gasteiger partial charge on any atom is 0.344 e. The summed E-state index contributed by atoms with van der Waals surface area (Å²) >= 11 is 0. The smallest absolute Gasteiger partial charge is 0.344 e. The predicted octanol–water partition coefficient (Wildman–Crippen LogP) is 5.03. The topological polar surface area (TPSA) is 61.8 Å². The van der Waals surface area contributed by atoms with Gasteiger partial charge in [-0.05, 0) is 50.4 Å². The van der Waals surface area contributed by atoms with E-state index < -0.39 is 25.6 Å². The molecular weight excluding hydrogens is 360 g/mol. The van der Waals surface area contributed by atoms with E-state index in [9.17, 15) is 9.59 Å². The van der Waals surface area contributed by atoms with Gasteiger partial charge in [-0.1, -0.05) is 39.6 Å². The average molecular weight is 395 g/mol. The lowest BCUT2D eigenvalue weighted by Gasteiger charge is -2.20. The largest absolute Gasteiger partial charge is 0.481 e. The Bertz CT molecular complexity index is 654. The molecule has 0 N–H and O–H groups in total. The zero-order chi connectivity index (χ0) is 20.8. The van der Waals surface area contributed by atoms with Crippen molar-refractivity contribution >= 4 is 20.0 Å². The van der Waals surface area contributed by atoms with Crippen molar-refractivity contribution in [2.75, 3.05) is 13.2 Å². The first-order valence-electron chi connectivity index (χ1n) is 9.44. The van der Waals surface area contributed by atoms with Crippen LogP contribution < -0.4 is 4.74 Å². The van der Waals surface area contributed by atoms with Gasteiger partial charge in [0.1, 0.15) is 16.9 Å². The van der Waals surface area contributed by atoms with Gasteiger partial charge in [0.05, 0.1) is 6.61 Å². The first kappa shape index (κ1) is 23.2. The molecule has 0 saturated heterocycles. The summed E-state index contributed by atoms with van der Waals surface area (Å²) in [4.78, 5) is 24.5. The van der Waals surface area contributed by atoms with E-state index in [0.29, 0.717) is 17.9 Å². The van der Waals surface area contributed by atoms with Crippen molar-refractivity contribution in [3.05, 3.63) is 29.3 Å². The monoisotopic (exact) mass is 394 g/mol. The lowest BCUT2D eigenvalue weighted by molar-refractivity contribution is -0.157. The van der Waals surface area contributed by atoms with Crippen molar-refractivity contribution in [3.63, 3.8) is 0 Å². The van der Waals surface area contributed by atoms with Crippen LogP contribution in [0.1, 0.15) is 56.5 Å². The second-order valence-corrected chi connectivity index (χ2v) is 14.9. The van der Waals surface area contributed by atoms with Gasteiger partial charge < -0.3 is 14.2 Å². The molecule has 0 aliphatic heterocycles. The Kier molecular flexibility index (Phi) is 8.08. The van der Waals surface area contributed by atoms with E-state index in [-0.39, 0.29) is 12.5 Å². The van der Waals surface area contributed by atoms with Crippen molar-refractivity contribution in [3.8, 4) is 5.75 Å². The number of carbonyl (C=O) groups excluding carboxylic acids is 2. The molecule has 0 saturated carbocycles. The Balaban J connectivity index is 2.90. The molecule has 5 nitrogen and oxygen atoms in total. The molecule has 0 aromatic heterocycles. The number of benzene rings is 1. The molecule has 27 heavy (non-hydrogen) atoms. The predicted molar refractivity (Wildman–Crippen MR) is 110 cm³/mol. The van der Waals surface area contributed by atoms with Gasteiger partial charge in [-0.2, -0.15) is 0 Å². The van der Waals surface area contributed by atoms with E-state index in [1.54, 1.807) is 32.9 Å². The summed E-state index contributed by atoms with van der Waals surface area (Å²) in [5, 5.41) is 0. The van der Waals surface area contributed by atoms with Gasteiger partial charge in [-0.25, -0.2) is 9.59 Å². The minimum atomic E-state index is -1.29. The molecule has 0 radical (unpaired) electrons. The zero-order valence-electron chi connectivity index (χ0n) is 18.0. The first-order chi connectivity index (χ1) is 12.3. The molecule has 1 aromatic carbocycles. The molecular formula is C21H34O5Si. The highest BCUT2D eigenvalue weighted by Crippen LogP contribution is 2.26. The lowest BCUT2D eigenvalue weighted by atomic mass is 10.0. The lowest BCUT2D eigenvalue weighted by Crippen LogP contribution is -2.27. The standard InChI is InChI=1S/C21H34O5Si/c1-15(2)16-9-10-18(25-14-19(22)26-21(3,4)5)17(13-16)20(23)24-11-12-27(6,7)8/h9-10,13,15H,11-12,14H2,1-8H3. The summed E-state index contributed by atoms with van der Waals surface area (Å²) in [6.07, 6.45) is 0. The Labute approximate surface area is 164 Å². The second-order valence-electron chi connectivity index (χ2n) is 9.23. The Morgan fingerprint density at radius 1 is 1.11 bits per heavy atom. The second kappa shape index (κ2) is 9.40. The summed E-state index contributed by atoms with van der Waals surface area (Å²) in [6, 6.07) is 6.30. The molecule has 1 aromatic rings. The third kappa shape index (κ3) is 9.09. The van der Waals surface area contributed by atoms with E-state index >= 15 is 0 Å². The van der Waals surface area contributed by atoms with Crippen LogP contribution in [0.4, 0.5) is 0 Å². The Morgan fingerprint density at radius 2 is 1.74 bits per heavy atom. The van der Waals surface area contributed by atoms with Crippen LogP contribution in [-0.2, 0) is 14.3 Å². The third-order valence-corrected chi connectivity index (χ3v) is 5.45. The fourth-order valence-electron chi connectivity index (χ4n) is 2.23. The summed E-state index contributed by atoms with van der Waals surface area (Å²) in [5.41, 5.74) is 0.776. The highest BCUT2D eigenvalue weighted by molar-refractivity contribution is 6.76. The van der Waals surface area contributed by atoms with E-state index in [2.05, 4.69) is 33.5 Å². The Morgan fingerprint density at radius 3 is 2.26 bits per heavy atom. The van der Waals surface area contributed by atoms with E-state index in [4.69, 9.17) is 14.2 Å². The fraction of sp³-hybridized carbons (Fsp3) is 0.619. The molecule has 0 bridgehead atoms. The first-order valence-corrected chi connectivity index (χ1v) is 13.1. The molecule has 0 unspecified atom stereocenters. The van der Waals surface area contributed by atoms with E-state index in [1.807, 2.05) is 6.07 Å². The van der Waals surface area contributed by atoms with Crippen molar-refractivity contribution in [2.45, 2.75) is 71.8 Å². The van der Waals surface area contributed by atoms with Crippen molar-refractivity contribution in [1.82, 2.24) is 0 Å². The quantitative estimate of drug-likeness (QED) is 0.457. The van der Waals surface area contributed by atoms with Gasteiger partial charge in [0, 0.05) is 8.07 Å². The van der Waals surface area contributed by atoms with Gasteiger partial charge in [-0.15, -0.1) is 0 Å².